The Labute approximate surface area is 243 Å². The van der Waals surface area contributed by atoms with Crippen molar-refractivity contribution >= 4 is 44.4 Å². The molecule has 4 aromatic heterocycles. The van der Waals surface area contributed by atoms with Gasteiger partial charge in [0.2, 0.25) is 0 Å². The highest BCUT2D eigenvalue weighted by atomic mass is 35.5. The van der Waals surface area contributed by atoms with E-state index >= 15 is 0 Å². The molecule has 6 aromatic rings. The lowest BCUT2D eigenvalue weighted by Crippen LogP contribution is -2.32. The molecule has 1 saturated heterocycles. The summed E-state index contributed by atoms with van der Waals surface area (Å²) >= 11 is 6.61. The van der Waals surface area contributed by atoms with Crippen LogP contribution in [0.2, 0.25) is 5.15 Å². The second-order valence-electron chi connectivity index (χ2n) is 11.4. The number of methoxy groups -OCH3 is 1. The van der Waals surface area contributed by atoms with E-state index in [1.54, 1.807) is 7.11 Å². The van der Waals surface area contributed by atoms with Crippen molar-refractivity contribution in [3.05, 3.63) is 82.8 Å². The second kappa shape index (κ2) is 10.5. The number of fused-ring (bicyclic) bond motifs is 3. The fourth-order valence-electron chi connectivity index (χ4n) is 6.44. The van der Waals surface area contributed by atoms with Gasteiger partial charge in [-0.3, -0.25) is 10.00 Å². The maximum Gasteiger partial charge on any atom is 0.155 e. The minimum Gasteiger partial charge on any atom is -0.497 e. The maximum atomic E-state index is 6.61. The highest BCUT2D eigenvalue weighted by Gasteiger charge is 2.24. The van der Waals surface area contributed by atoms with Crippen LogP contribution in [0.3, 0.4) is 0 Å². The number of aromatic nitrogens is 5. The van der Waals surface area contributed by atoms with Gasteiger partial charge < -0.3 is 9.72 Å². The lowest BCUT2D eigenvalue weighted by molar-refractivity contribution is 0.204. The van der Waals surface area contributed by atoms with Crippen molar-refractivity contribution in [1.29, 1.82) is 0 Å². The number of hydrogen-bond acceptors (Lipinski definition) is 5. The molecule has 2 N–H and O–H groups in total. The van der Waals surface area contributed by atoms with Crippen LogP contribution in [0.25, 0.3) is 44.1 Å². The number of aromatic amines is 2. The van der Waals surface area contributed by atoms with Gasteiger partial charge in [-0.25, -0.2) is 9.97 Å². The van der Waals surface area contributed by atoms with Crippen LogP contribution in [0.15, 0.2) is 60.9 Å². The number of likely N-dealkylation sites (tertiary alicyclic amines) is 1. The van der Waals surface area contributed by atoms with Crippen LogP contribution < -0.4 is 4.74 Å². The summed E-state index contributed by atoms with van der Waals surface area (Å²) in [7, 11) is 1.69. The van der Waals surface area contributed by atoms with E-state index < -0.39 is 0 Å². The first-order valence-electron chi connectivity index (χ1n) is 14.3. The predicted octanol–water partition coefficient (Wildman–Crippen LogP) is 7.82. The molecular weight excluding hydrogens is 532 g/mol. The van der Waals surface area contributed by atoms with Crippen LogP contribution in [0.1, 0.15) is 55.2 Å². The van der Waals surface area contributed by atoms with Crippen molar-refractivity contribution in [3.63, 3.8) is 0 Å². The zero-order valence-electron chi connectivity index (χ0n) is 23.5. The molecule has 0 unspecified atom stereocenters. The molecule has 8 heteroatoms. The molecule has 0 bridgehead atoms. The normalized spacial score (nSPS) is 15.0. The number of H-pyrrole nitrogens is 2. The molecule has 0 atom stereocenters. The summed E-state index contributed by atoms with van der Waals surface area (Å²) in [5, 5.41) is 11.2. The molecule has 0 saturated carbocycles. The van der Waals surface area contributed by atoms with E-state index in [1.165, 1.54) is 22.0 Å². The number of hydrogen-bond donors (Lipinski definition) is 2. The summed E-state index contributed by atoms with van der Waals surface area (Å²) < 4.78 is 5.40. The van der Waals surface area contributed by atoms with Gasteiger partial charge in [0.05, 0.1) is 24.5 Å². The number of piperidine rings is 1. The average Bonchev–Trinajstić information content (AvgIpc) is 3.62. The Balaban J connectivity index is 1.12. The maximum absolute atomic E-state index is 6.61. The monoisotopic (exact) mass is 564 g/mol. The molecule has 0 spiro atoms. The van der Waals surface area contributed by atoms with Gasteiger partial charge in [-0.15, -0.1) is 0 Å². The smallest absolute Gasteiger partial charge is 0.155 e. The Kier molecular flexibility index (Phi) is 6.64. The summed E-state index contributed by atoms with van der Waals surface area (Å²) in [4.78, 5) is 15.3. The molecule has 1 aliphatic heterocycles. The van der Waals surface area contributed by atoms with Gasteiger partial charge in [-0.1, -0.05) is 31.5 Å². The number of benzene rings is 2. The Morgan fingerprint density at radius 1 is 1.05 bits per heavy atom. The van der Waals surface area contributed by atoms with E-state index in [-0.39, 0.29) is 0 Å². The SMILES string of the molecule is COc1ccc2nc(Cl)c(CN3CCC(c4ccc5[nH]c(-c6ccnc7[nH]ncc67)c(C(C)C)c5c4)CC3)cc2c1. The first kappa shape index (κ1) is 26.0. The Morgan fingerprint density at radius 2 is 1.90 bits per heavy atom. The lowest BCUT2D eigenvalue weighted by atomic mass is 9.87. The van der Waals surface area contributed by atoms with Gasteiger partial charge in [0.15, 0.2) is 5.65 Å². The standard InChI is InChI=1S/C33H33ClN6O/c1-19(2)30-26-16-21(4-6-29(26)37-31(30)25-8-11-35-33-27(25)17-36-39-33)20-9-12-40(13-10-20)18-23-14-22-15-24(41-3)5-7-28(22)38-32(23)34/h4-8,11,14-17,19-20,37H,9-10,12-13,18H2,1-3H3,(H,35,36,39). The van der Waals surface area contributed by atoms with E-state index in [1.807, 2.05) is 30.6 Å². The topological polar surface area (TPSA) is 82.7 Å². The molecule has 7 nitrogen and oxygen atoms in total. The highest BCUT2D eigenvalue weighted by Crippen LogP contribution is 2.40. The predicted molar refractivity (Wildman–Crippen MR) is 166 cm³/mol. The molecule has 2 aromatic carbocycles. The zero-order chi connectivity index (χ0) is 28.1. The van der Waals surface area contributed by atoms with Crippen molar-refractivity contribution in [3.8, 4) is 17.0 Å². The molecule has 0 radical (unpaired) electrons. The Hall–Kier alpha value is -3.94. The van der Waals surface area contributed by atoms with Crippen molar-refractivity contribution < 1.29 is 4.74 Å². The fourth-order valence-corrected chi connectivity index (χ4v) is 6.65. The number of pyridine rings is 2. The Morgan fingerprint density at radius 3 is 2.71 bits per heavy atom. The number of halogens is 1. The number of nitrogens with zero attached hydrogens (tertiary/aromatic N) is 4. The van der Waals surface area contributed by atoms with Crippen LogP contribution in [0.5, 0.6) is 5.75 Å². The molecule has 208 valence electrons. The summed E-state index contributed by atoms with van der Waals surface area (Å²) in [5.41, 5.74) is 9.01. The first-order valence-corrected chi connectivity index (χ1v) is 14.7. The van der Waals surface area contributed by atoms with E-state index in [4.69, 9.17) is 16.3 Å². The molecule has 5 heterocycles. The van der Waals surface area contributed by atoms with Crippen LogP contribution in [0.4, 0.5) is 0 Å². The summed E-state index contributed by atoms with van der Waals surface area (Å²) in [6.45, 7) is 7.40. The quantitative estimate of drug-likeness (QED) is 0.201. The van der Waals surface area contributed by atoms with Crippen molar-refractivity contribution in [2.24, 2.45) is 0 Å². The van der Waals surface area contributed by atoms with Crippen LogP contribution >= 0.6 is 11.6 Å². The van der Waals surface area contributed by atoms with Crippen molar-refractivity contribution in [1.82, 2.24) is 30.0 Å². The van der Waals surface area contributed by atoms with Crippen molar-refractivity contribution in [2.75, 3.05) is 20.2 Å². The number of nitrogens with one attached hydrogen (secondary N) is 2. The number of rotatable bonds is 6. The molecule has 7 rings (SSSR count). The third kappa shape index (κ3) is 4.73. The zero-order valence-corrected chi connectivity index (χ0v) is 24.3. The summed E-state index contributed by atoms with van der Waals surface area (Å²) in [5.74, 6) is 1.73. The van der Waals surface area contributed by atoms with Crippen LogP contribution in [-0.2, 0) is 6.54 Å². The third-order valence-electron chi connectivity index (χ3n) is 8.56. The van der Waals surface area contributed by atoms with Gasteiger partial charge in [0, 0.05) is 45.5 Å². The Bertz CT molecular complexity index is 1880. The van der Waals surface area contributed by atoms with Gasteiger partial charge in [-0.2, -0.15) is 5.10 Å². The van der Waals surface area contributed by atoms with Gasteiger partial charge in [-0.05, 0) is 91.4 Å². The molecule has 1 aliphatic rings. The fraction of sp³-hybridized carbons (Fsp3) is 0.303. The third-order valence-corrected chi connectivity index (χ3v) is 8.89. The van der Waals surface area contributed by atoms with Crippen molar-refractivity contribution in [2.45, 2.75) is 45.1 Å². The van der Waals surface area contributed by atoms with E-state index in [9.17, 15) is 0 Å². The molecule has 0 aliphatic carbocycles. The average molecular weight is 565 g/mol. The first-order chi connectivity index (χ1) is 20.0. The van der Waals surface area contributed by atoms with Gasteiger partial charge in [0.1, 0.15) is 10.9 Å². The van der Waals surface area contributed by atoms with E-state index in [0.717, 1.165) is 77.0 Å². The molecule has 1 fully saturated rings. The highest BCUT2D eigenvalue weighted by molar-refractivity contribution is 6.30. The van der Waals surface area contributed by atoms with E-state index in [2.05, 4.69) is 74.2 Å². The largest absolute Gasteiger partial charge is 0.497 e. The minimum absolute atomic E-state index is 0.367. The van der Waals surface area contributed by atoms with Crippen LogP contribution in [0, 0.1) is 0 Å². The van der Waals surface area contributed by atoms with Crippen LogP contribution in [-0.4, -0.2) is 50.2 Å². The molecule has 41 heavy (non-hydrogen) atoms. The lowest BCUT2D eigenvalue weighted by Gasteiger charge is -2.32. The minimum atomic E-state index is 0.367. The molecule has 0 amide bonds. The van der Waals surface area contributed by atoms with Gasteiger partial charge in [0.25, 0.3) is 0 Å². The van der Waals surface area contributed by atoms with E-state index in [0.29, 0.717) is 17.0 Å². The summed E-state index contributed by atoms with van der Waals surface area (Å²) in [6.07, 6.45) is 5.95. The molecular formula is C33H33ClN6O. The summed E-state index contributed by atoms with van der Waals surface area (Å²) in [6, 6.07) is 17.1. The second-order valence-corrected chi connectivity index (χ2v) is 11.8. The number of ether oxygens (including phenoxy) is 1. The van der Waals surface area contributed by atoms with Gasteiger partial charge >= 0.3 is 0 Å².